The van der Waals surface area contributed by atoms with Crippen molar-refractivity contribution in [2.45, 2.75) is 18.7 Å². The molecule has 3 rings (SSSR count). The number of carbonyl (C=O) groups excluding carboxylic acids is 1. The predicted molar refractivity (Wildman–Crippen MR) is 134 cm³/mol. The highest BCUT2D eigenvalue weighted by Gasteiger charge is 2.27. The molecule has 0 saturated carbocycles. The summed E-state index contributed by atoms with van der Waals surface area (Å²) in [5.74, 6) is -0.634. The molecule has 33 heavy (non-hydrogen) atoms. The van der Waals surface area contributed by atoms with Gasteiger partial charge in [0.15, 0.2) is 0 Å². The Morgan fingerprint density at radius 1 is 0.939 bits per heavy atom. The summed E-state index contributed by atoms with van der Waals surface area (Å²) >= 11 is 18.2. The molecule has 0 heterocycles. The zero-order chi connectivity index (χ0) is 24.2. The molecule has 0 fully saturated rings. The molecular weight excluding hydrogens is 505 g/mol. The van der Waals surface area contributed by atoms with E-state index in [1.165, 1.54) is 18.2 Å². The third kappa shape index (κ3) is 6.06. The zero-order valence-corrected chi connectivity index (χ0v) is 20.8. The lowest BCUT2D eigenvalue weighted by molar-refractivity contribution is -0.119. The van der Waals surface area contributed by atoms with E-state index in [1.54, 1.807) is 62.4 Å². The van der Waals surface area contributed by atoms with Crippen LogP contribution >= 0.6 is 34.8 Å². The van der Waals surface area contributed by atoms with Crippen LogP contribution in [0.15, 0.2) is 76.7 Å². The van der Waals surface area contributed by atoms with Crippen molar-refractivity contribution in [3.63, 3.8) is 0 Å². The van der Waals surface area contributed by atoms with Gasteiger partial charge in [0.1, 0.15) is 6.54 Å². The SMILES string of the molecule is C/C(=N/NC(=O)CN(c1ccc(C)c(Cl)c1)S(=O)(=O)c1ccccc1)c1ccc(Cl)c(Cl)c1. The standard InChI is InChI=1S/C23H20Cl3N3O3S/c1-15-8-10-18(13-21(15)25)29(33(31,32)19-6-4-3-5-7-19)14-23(30)28-27-16(2)17-9-11-20(24)22(26)12-17/h3-13H,14H2,1-2H3,(H,28,30)/b27-16-. The van der Waals surface area contributed by atoms with Crippen LogP contribution in [0, 0.1) is 6.92 Å². The highest BCUT2D eigenvalue weighted by molar-refractivity contribution is 7.92. The molecule has 6 nitrogen and oxygen atoms in total. The first-order valence-electron chi connectivity index (χ1n) is 9.72. The van der Waals surface area contributed by atoms with Crippen LogP contribution in [0.1, 0.15) is 18.1 Å². The highest BCUT2D eigenvalue weighted by Crippen LogP contribution is 2.28. The number of sulfonamides is 1. The van der Waals surface area contributed by atoms with Crippen LogP contribution in [0.3, 0.4) is 0 Å². The molecule has 0 spiro atoms. The second kappa shape index (κ2) is 10.6. The number of amides is 1. The Bertz CT molecular complexity index is 1310. The van der Waals surface area contributed by atoms with Gasteiger partial charge in [-0.05, 0) is 61.4 Å². The molecule has 0 aliphatic rings. The Labute approximate surface area is 207 Å². The van der Waals surface area contributed by atoms with Crippen molar-refractivity contribution in [2.75, 3.05) is 10.8 Å². The number of aryl methyl sites for hydroxylation is 1. The molecule has 10 heteroatoms. The number of hydrogen-bond acceptors (Lipinski definition) is 4. The van der Waals surface area contributed by atoms with Crippen LogP contribution in [-0.4, -0.2) is 26.6 Å². The molecule has 0 atom stereocenters. The minimum Gasteiger partial charge on any atom is -0.271 e. The van der Waals surface area contributed by atoms with E-state index < -0.39 is 22.5 Å². The first kappa shape index (κ1) is 25.1. The number of hydrazone groups is 1. The molecule has 0 aromatic heterocycles. The number of hydrogen-bond donors (Lipinski definition) is 1. The molecule has 0 unspecified atom stereocenters. The van der Waals surface area contributed by atoms with E-state index in [0.717, 1.165) is 9.87 Å². The molecule has 3 aromatic rings. The van der Waals surface area contributed by atoms with Gasteiger partial charge in [0.25, 0.3) is 15.9 Å². The van der Waals surface area contributed by atoms with Crippen LogP contribution in [-0.2, 0) is 14.8 Å². The monoisotopic (exact) mass is 523 g/mol. The number of rotatable bonds is 7. The van der Waals surface area contributed by atoms with E-state index in [0.29, 0.717) is 26.3 Å². The number of nitrogens with zero attached hydrogens (tertiary/aromatic N) is 2. The largest absolute Gasteiger partial charge is 0.271 e. The minimum absolute atomic E-state index is 0.0463. The first-order valence-corrected chi connectivity index (χ1v) is 12.3. The Morgan fingerprint density at radius 2 is 1.64 bits per heavy atom. The van der Waals surface area contributed by atoms with Crippen molar-refractivity contribution in [3.05, 3.63) is 92.9 Å². The van der Waals surface area contributed by atoms with Gasteiger partial charge in [0.2, 0.25) is 0 Å². The Kier molecular flexibility index (Phi) is 8.02. The topological polar surface area (TPSA) is 78.8 Å². The van der Waals surface area contributed by atoms with Crippen molar-refractivity contribution < 1.29 is 13.2 Å². The van der Waals surface area contributed by atoms with Crippen molar-refractivity contribution in [3.8, 4) is 0 Å². The molecule has 1 amide bonds. The fraction of sp³-hybridized carbons (Fsp3) is 0.130. The van der Waals surface area contributed by atoms with E-state index in [1.807, 2.05) is 0 Å². The maximum atomic E-state index is 13.3. The quantitative estimate of drug-likeness (QED) is 0.318. The summed E-state index contributed by atoms with van der Waals surface area (Å²) in [6.07, 6.45) is 0. The summed E-state index contributed by atoms with van der Waals surface area (Å²) in [5.41, 5.74) is 4.57. The second-order valence-corrected chi connectivity index (χ2v) is 10.2. The molecule has 172 valence electrons. The van der Waals surface area contributed by atoms with Gasteiger partial charge in [0, 0.05) is 5.02 Å². The lowest BCUT2D eigenvalue weighted by Gasteiger charge is -2.24. The summed E-state index contributed by atoms with van der Waals surface area (Å²) in [4.78, 5) is 12.8. The maximum absolute atomic E-state index is 13.3. The molecule has 0 saturated heterocycles. The molecule has 0 aliphatic heterocycles. The number of nitrogens with one attached hydrogen (secondary N) is 1. The van der Waals surface area contributed by atoms with Crippen LogP contribution < -0.4 is 9.73 Å². The van der Waals surface area contributed by atoms with Gasteiger partial charge in [-0.15, -0.1) is 0 Å². The van der Waals surface area contributed by atoms with Gasteiger partial charge >= 0.3 is 0 Å². The van der Waals surface area contributed by atoms with Crippen LogP contribution in [0.25, 0.3) is 0 Å². The van der Waals surface area contributed by atoms with Crippen molar-refractivity contribution in [1.82, 2.24) is 5.43 Å². The first-order chi connectivity index (χ1) is 15.6. The smallest absolute Gasteiger partial charge is 0.264 e. The lowest BCUT2D eigenvalue weighted by atomic mass is 10.1. The molecule has 0 radical (unpaired) electrons. The van der Waals surface area contributed by atoms with E-state index in [4.69, 9.17) is 34.8 Å². The Morgan fingerprint density at radius 3 is 2.27 bits per heavy atom. The summed E-state index contributed by atoms with van der Waals surface area (Å²) in [6.45, 7) is 2.97. The average Bonchev–Trinajstić information content (AvgIpc) is 2.80. The number of carbonyl (C=O) groups is 1. The number of benzene rings is 3. The van der Waals surface area contributed by atoms with Crippen molar-refractivity contribution in [1.29, 1.82) is 0 Å². The second-order valence-electron chi connectivity index (χ2n) is 7.12. The molecule has 0 aliphatic carbocycles. The Hall–Kier alpha value is -2.58. The third-order valence-corrected chi connectivity index (χ3v) is 7.68. The minimum atomic E-state index is -4.05. The lowest BCUT2D eigenvalue weighted by Crippen LogP contribution is -2.39. The molecule has 3 aromatic carbocycles. The van der Waals surface area contributed by atoms with E-state index in [9.17, 15) is 13.2 Å². The molecule has 0 bridgehead atoms. The summed E-state index contributed by atoms with van der Waals surface area (Å²) in [5, 5.41) is 5.20. The van der Waals surface area contributed by atoms with Crippen LogP contribution in [0.2, 0.25) is 15.1 Å². The van der Waals surface area contributed by atoms with Gasteiger partial charge < -0.3 is 0 Å². The normalized spacial score (nSPS) is 11.8. The summed E-state index contributed by atoms with van der Waals surface area (Å²) < 4.78 is 27.7. The summed E-state index contributed by atoms with van der Waals surface area (Å²) in [7, 11) is -4.05. The zero-order valence-electron chi connectivity index (χ0n) is 17.7. The number of halogens is 3. The van der Waals surface area contributed by atoms with Gasteiger partial charge in [-0.3, -0.25) is 9.10 Å². The van der Waals surface area contributed by atoms with Crippen molar-refractivity contribution >= 4 is 62.1 Å². The van der Waals surface area contributed by atoms with Crippen LogP contribution in [0.5, 0.6) is 0 Å². The van der Waals surface area contributed by atoms with Gasteiger partial charge in [-0.2, -0.15) is 5.10 Å². The highest BCUT2D eigenvalue weighted by atomic mass is 35.5. The molecular formula is C23H20Cl3N3O3S. The van der Waals surface area contributed by atoms with Gasteiger partial charge in [-0.1, -0.05) is 65.1 Å². The predicted octanol–water partition coefficient (Wildman–Crippen LogP) is 5.69. The van der Waals surface area contributed by atoms with Gasteiger partial charge in [0.05, 0.1) is 26.3 Å². The maximum Gasteiger partial charge on any atom is 0.264 e. The molecule has 1 N–H and O–H groups in total. The number of anilines is 1. The summed E-state index contributed by atoms with van der Waals surface area (Å²) in [6, 6.07) is 17.6. The van der Waals surface area contributed by atoms with Crippen LogP contribution in [0.4, 0.5) is 5.69 Å². The van der Waals surface area contributed by atoms with E-state index >= 15 is 0 Å². The van der Waals surface area contributed by atoms with Crippen molar-refractivity contribution in [2.24, 2.45) is 5.10 Å². The average molecular weight is 525 g/mol. The van der Waals surface area contributed by atoms with E-state index in [-0.39, 0.29) is 10.6 Å². The third-order valence-electron chi connectivity index (χ3n) is 4.75. The van der Waals surface area contributed by atoms with Gasteiger partial charge in [-0.25, -0.2) is 13.8 Å². The Balaban J connectivity index is 1.89. The fourth-order valence-electron chi connectivity index (χ4n) is 2.87. The van der Waals surface area contributed by atoms with E-state index in [2.05, 4.69) is 10.5 Å². The fourth-order valence-corrected chi connectivity index (χ4v) is 4.78.